The van der Waals surface area contributed by atoms with Crippen molar-refractivity contribution in [1.82, 2.24) is 9.78 Å². The smallest absolute Gasteiger partial charge is 0.0671 e. The van der Waals surface area contributed by atoms with E-state index in [1.165, 1.54) is 0 Å². The van der Waals surface area contributed by atoms with E-state index in [9.17, 15) is 0 Å². The van der Waals surface area contributed by atoms with Gasteiger partial charge in [0.2, 0.25) is 0 Å². The fourth-order valence-corrected chi connectivity index (χ4v) is 2.11. The Labute approximate surface area is 109 Å². The average molecular weight is 290 g/mol. The van der Waals surface area contributed by atoms with Gasteiger partial charge in [-0.3, -0.25) is 0 Å². The summed E-state index contributed by atoms with van der Waals surface area (Å²) < 4.78 is 2.93. The summed E-state index contributed by atoms with van der Waals surface area (Å²) in [5.74, 6) is 0. The topological polar surface area (TPSA) is 41.6 Å². The molecular weight excluding hydrogens is 278 g/mol. The summed E-state index contributed by atoms with van der Waals surface area (Å²) in [5, 5.41) is 13.3. The third-order valence-corrected chi connectivity index (χ3v) is 3.30. The third-order valence-electron chi connectivity index (χ3n) is 2.77. The highest BCUT2D eigenvalue weighted by atomic mass is 79.9. The number of rotatable bonds is 2. The van der Waals surface area contributed by atoms with Crippen molar-refractivity contribution in [3.8, 4) is 11.8 Å². The number of nitrogens with zero attached hydrogens (tertiary/aromatic N) is 3. The molecule has 0 aliphatic rings. The van der Waals surface area contributed by atoms with Gasteiger partial charge in [-0.05, 0) is 38.1 Å². The molecule has 0 fully saturated rings. The summed E-state index contributed by atoms with van der Waals surface area (Å²) in [7, 11) is 0. The van der Waals surface area contributed by atoms with Crippen LogP contribution in [0.25, 0.3) is 5.69 Å². The molecule has 17 heavy (non-hydrogen) atoms. The lowest BCUT2D eigenvalue weighted by molar-refractivity contribution is 0.833. The number of aromatic nitrogens is 2. The monoisotopic (exact) mass is 289 g/mol. The molecule has 1 heterocycles. The molecule has 0 aliphatic carbocycles. The van der Waals surface area contributed by atoms with Crippen molar-refractivity contribution in [3.05, 3.63) is 45.7 Å². The van der Waals surface area contributed by atoms with Gasteiger partial charge in [-0.15, -0.1) is 0 Å². The summed E-state index contributed by atoms with van der Waals surface area (Å²) in [5.41, 5.74) is 3.99. The molecule has 0 N–H and O–H groups in total. The van der Waals surface area contributed by atoms with Crippen molar-refractivity contribution in [1.29, 1.82) is 5.26 Å². The lowest BCUT2D eigenvalue weighted by atomic mass is 10.1. The fourth-order valence-electron chi connectivity index (χ4n) is 1.84. The quantitative estimate of drug-likeness (QED) is 0.851. The Morgan fingerprint density at radius 2 is 1.94 bits per heavy atom. The second-order valence-corrected chi connectivity index (χ2v) is 4.79. The van der Waals surface area contributed by atoms with Crippen LogP contribution < -0.4 is 0 Å². The minimum atomic E-state index is 0.411. The number of halogens is 1. The first kappa shape index (κ1) is 11.9. The van der Waals surface area contributed by atoms with Gasteiger partial charge in [-0.1, -0.05) is 15.9 Å². The molecule has 1 aromatic heterocycles. The summed E-state index contributed by atoms with van der Waals surface area (Å²) in [6.45, 7) is 3.93. The molecule has 3 nitrogen and oxygen atoms in total. The molecule has 0 bridgehead atoms. The van der Waals surface area contributed by atoms with Crippen LogP contribution in [-0.2, 0) is 6.42 Å². The molecule has 0 radical (unpaired) electrons. The van der Waals surface area contributed by atoms with E-state index in [-0.39, 0.29) is 0 Å². The van der Waals surface area contributed by atoms with E-state index in [4.69, 9.17) is 5.26 Å². The zero-order chi connectivity index (χ0) is 12.4. The molecule has 0 spiro atoms. The summed E-state index contributed by atoms with van der Waals surface area (Å²) in [6, 6.07) is 10.1. The van der Waals surface area contributed by atoms with Crippen LogP contribution >= 0.6 is 15.9 Å². The van der Waals surface area contributed by atoms with Crippen LogP contribution in [0.5, 0.6) is 0 Å². The molecule has 4 heteroatoms. The number of benzene rings is 1. The van der Waals surface area contributed by atoms with Crippen molar-refractivity contribution >= 4 is 15.9 Å². The van der Waals surface area contributed by atoms with E-state index in [0.29, 0.717) is 6.42 Å². The van der Waals surface area contributed by atoms with E-state index < -0.39 is 0 Å². The molecule has 86 valence electrons. The van der Waals surface area contributed by atoms with Gasteiger partial charge < -0.3 is 0 Å². The van der Waals surface area contributed by atoms with Crippen LogP contribution in [0.1, 0.15) is 17.0 Å². The Morgan fingerprint density at radius 3 is 2.53 bits per heavy atom. The van der Waals surface area contributed by atoms with Crippen molar-refractivity contribution in [2.45, 2.75) is 20.3 Å². The highest BCUT2D eigenvalue weighted by molar-refractivity contribution is 9.10. The maximum atomic E-state index is 8.79. The van der Waals surface area contributed by atoms with Crippen molar-refractivity contribution in [3.63, 3.8) is 0 Å². The standard InChI is InChI=1S/C13H12BrN3/c1-9-13(7-8-15)10(2)17(16-9)12-5-3-11(14)4-6-12/h3-6H,7H2,1-2H3. The SMILES string of the molecule is Cc1nn(-c2ccc(Br)cc2)c(C)c1CC#N. The van der Waals surface area contributed by atoms with Crippen molar-refractivity contribution in [2.24, 2.45) is 0 Å². The van der Waals surface area contributed by atoms with Gasteiger partial charge in [0, 0.05) is 15.7 Å². The average Bonchev–Trinajstić information content (AvgIpc) is 2.59. The highest BCUT2D eigenvalue weighted by Crippen LogP contribution is 2.19. The first-order valence-electron chi connectivity index (χ1n) is 5.31. The molecule has 2 rings (SSSR count). The van der Waals surface area contributed by atoms with E-state index in [1.807, 2.05) is 42.8 Å². The highest BCUT2D eigenvalue weighted by Gasteiger charge is 2.11. The van der Waals surface area contributed by atoms with Crippen LogP contribution in [0.4, 0.5) is 0 Å². The van der Waals surface area contributed by atoms with E-state index in [0.717, 1.165) is 27.1 Å². The van der Waals surface area contributed by atoms with Gasteiger partial charge in [0.1, 0.15) is 0 Å². The van der Waals surface area contributed by atoms with Gasteiger partial charge in [-0.2, -0.15) is 10.4 Å². The lowest BCUT2D eigenvalue weighted by Gasteiger charge is -2.04. The zero-order valence-electron chi connectivity index (χ0n) is 9.74. The first-order valence-corrected chi connectivity index (χ1v) is 6.10. The second kappa shape index (κ2) is 4.72. The van der Waals surface area contributed by atoms with E-state index >= 15 is 0 Å². The molecule has 2 aromatic rings. The second-order valence-electron chi connectivity index (χ2n) is 3.87. The first-order chi connectivity index (χ1) is 8.13. The number of aryl methyl sites for hydroxylation is 1. The maximum absolute atomic E-state index is 8.79. The molecule has 0 atom stereocenters. The van der Waals surface area contributed by atoms with Gasteiger partial charge in [0.25, 0.3) is 0 Å². The number of hydrogen-bond acceptors (Lipinski definition) is 2. The summed E-state index contributed by atoms with van der Waals surface area (Å²) in [6.07, 6.45) is 0.411. The Hall–Kier alpha value is -1.60. The summed E-state index contributed by atoms with van der Waals surface area (Å²) >= 11 is 3.41. The van der Waals surface area contributed by atoms with Gasteiger partial charge in [-0.25, -0.2) is 4.68 Å². The molecule has 0 saturated heterocycles. The van der Waals surface area contributed by atoms with Crippen LogP contribution in [0.15, 0.2) is 28.7 Å². The molecule has 1 aromatic carbocycles. The van der Waals surface area contributed by atoms with Crippen LogP contribution in [0.2, 0.25) is 0 Å². The van der Waals surface area contributed by atoms with Crippen molar-refractivity contribution in [2.75, 3.05) is 0 Å². The predicted molar refractivity (Wildman–Crippen MR) is 70.1 cm³/mol. The molecule has 0 saturated carbocycles. The zero-order valence-corrected chi connectivity index (χ0v) is 11.3. The van der Waals surface area contributed by atoms with E-state index in [2.05, 4.69) is 27.1 Å². The summed E-state index contributed by atoms with van der Waals surface area (Å²) in [4.78, 5) is 0. The Kier molecular flexibility index (Phi) is 3.30. The van der Waals surface area contributed by atoms with Crippen LogP contribution in [0.3, 0.4) is 0 Å². The van der Waals surface area contributed by atoms with Gasteiger partial charge in [0.15, 0.2) is 0 Å². The largest absolute Gasteiger partial charge is 0.238 e. The minimum Gasteiger partial charge on any atom is -0.238 e. The lowest BCUT2D eigenvalue weighted by Crippen LogP contribution is -1.99. The van der Waals surface area contributed by atoms with E-state index in [1.54, 1.807) is 0 Å². The Morgan fingerprint density at radius 1 is 1.29 bits per heavy atom. The minimum absolute atomic E-state index is 0.411. The molecule has 0 amide bonds. The predicted octanol–water partition coefficient (Wildman–Crippen LogP) is 3.32. The molecular formula is C13H12BrN3. The maximum Gasteiger partial charge on any atom is 0.0671 e. The third kappa shape index (κ3) is 2.25. The molecule has 0 aliphatic heterocycles. The Balaban J connectivity index is 2.50. The van der Waals surface area contributed by atoms with Crippen LogP contribution in [0, 0.1) is 25.2 Å². The Bertz CT molecular complexity index is 576. The number of nitriles is 1. The normalized spacial score (nSPS) is 10.2. The number of hydrogen-bond donors (Lipinski definition) is 0. The fraction of sp³-hybridized carbons (Fsp3) is 0.231. The van der Waals surface area contributed by atoms with Crippen molar-refractivity contribution < 1.29 is 0 Å². The van der Waals surface area contributed by atoms with Crippen LogP contribution in [-0.4, -0.2) is 9.78 Å². The van der Waals surface area contributed by atoms with Gasteiger partial charge >= 0.3 is 0 Å². The molecule has 0 unspecified atom stereocenters. The van der Waals surface area contributed by atoms with Gasteiger partial charge in [0.05, 0.1) is 23.9 Å².